The normalized spacial score (nSPS) is 12.4. The van der Waals surface area contributed by atoms with Crippen molar-refractivity contribution in [3.8, 4) is 0 Å². The van der Waals surface area contributed by atoms with Crippen molar-refractivity contribution in [3.05, 3.63) is 6.92 Å². The molecule has 217 valence electrons. The summed E-state index contributed by atoms with van der Waals surface area (Å²) in [6, 6.07) is 0. The van der Waals surface area contributed by atoms with Crippen molar-refractivity contribution in [3.63, 3.8) is 0 Å². The van der Waals surface area contributed by atoms with E-state index in [2.05, 4.69) is 20.8 Å². The van der Waals surface area contributed by atoms with Gasteiger partial charge in [0.05, 0.1) is 0 Å². The van der Waals surface area contributed by atoms with E-state index < -0.39 is 0 Å². The van der Waals surface area contributed by atoms with Crippen LogP contribution in [0.4, 0.5) is 0 Å². The van der Waals surface area contributed by atoms with Gasteiger partial charge in [-0.2, -0.15) is 0 Å². The van der Waals surface area contributed by atoms with Gasteiger partial charge in [0.2, 0.25) is 0 Å². The SMILES string of the molecule is [CH2]CCCCC(CCCCCCCC)CCCCCCCCCCCCCCCCCCCCCC. The van der Waals surface area contributed by atoms with Crippen LogP contribution in [-0.4, -0.2) is 0 Å². The number of rotatable bonds is 32. The second kappa shape index (κ2) is 33.0. The first-order chi connectivity index (χ1) is 17.8. The molecule has 0 nitrogen and oxygen atoms in total. The molecule has 0 heterocycles. The van der Waals surface area contributed by atoms with E-state index in [1.165, 1.54) is 199 Å². The molecule has 1 unspecified atom stereocenters. The number of hydrogen-bond donors (Lipinski definition) is 0. The smallest absolute Gasteiger partial charge is 0.0414 e. The summed E-state index contributed by atoms with van der Waals surface area (Å²) in [4.78, 5) is 0. The minimum atomic E-state index is 1.01. The minimum Gasteiger partial charge on any atom is -0.0654 e. The Bertz CT molecular complexity index is 359. The fourth-order valence-corrected chi connectivity index (χ4v) is 5.94. The standard InChI is InChI=1S/C36H73/c1-4-7-10-12-14-15-16-17-18-19-20-21-22-23-24-25-26-27-29-32-35-36(33-30-9-6-3)34-31-28-13-11-8-5-2/h36H,3-35H2,1-2H3. The molecule has 0 aromatic rings. The third-order valence-electron chi connectivity index (χ3n) is 8.54. The lowest BCUT2D eigenvalue weighted by atomic mass is 9.89. The van der Waals surface area contributed by atoms with Gasteiger partial charge in [-0.1, -0.05) is 226 Å². The number of hydrogen-bond acceptors (Lipinski definition) is 0. The summed E-state index contributed by atoms with van der Waals surface area (Å²) in [7, 11) is 0. The van der Waals surface area contributed by atoms with Gasteiger partial charge < -0.3 is 0 Å². The summed E-state index contributed by atoms with van der Waals surface area (Å²) in [6.07, 6.45) is 46.7. The predicted octanol–water partition coefficient (Wildman–Crippen LogP) is 14.0. The maximum atomic E-state index is 4.04. The molecule has 0 aliphatic carbocycles. The molecule has 0 fully saturated rings. The maximum Gasteiger partial charge on any atom is -0.0414 e. The molecular formula is C36H73. The van der Waals surface area contributed by atoms with Crippen LogP contribution in [0.15, 0.2) is 0 Å². The summed E-state index contributed by atoms with van der Waals surface area (Å²) >= 11 is 0. The fraction of sp³-hybridized carbons (Fsp3) is 0.972. The highest BCUT2D eigenvalue weighted by Gasteiger charge is 2.08. The van der Waals surface area contributed by atoms with Crippen LogP contribution in [0.1, 0.15) is 219 Å². The van der Waals surface area contributed by atoms with E-state index in [1.54, 1.807) is 0 Å². The van der Waals surface area contributed by atoms with Gasteiger partial charge in [-0.15, -0.1) is 0 Å². The molecule has 1 radical (unpaired) electrons. The molecule has 0 bridgehead atoms. The van der Waals surface area contributed by atoms with E-state index in [1.807, 2.05) is 0 Å². The molecule has 0 heteroatoms. The van der Waals surface area contributed by atoms with Crippen LogP contribution in [0.25, 0.3) is 0 Å². The molecule has 0 aliphatic heterocycles. The van der Waals surface area contributed by atoms with Crippen molar-refractivity contribution in [1.29, 1.82) is 0 Å². The van der Waals surface area contributed by atoms with Crippen molar-refractivity contribution in [2.45, 2.75) is 219 Å². The van der Waals surface area contributed by atoms with Gasteiger partial charge in [-0.3, -0.25) is 0 Å². The van der Waals surface area contributed by atoms with Gasteiger partial charge >= 0.3 is 0 Å². The Kier molecular flexibility index (Phi) is 33.0. The van der Waals surface area contributed by atoms with Crippen molar-refractivity contribution >= 4 is 0 Å². The molecule has 0 saturated carbocycles. The Hall–Kier alpha value is 0. The van der Waals surface area contributed by atoms with Crippen LogP contribution in [0.5, 0.6) is 0 Å². The van der Waals surface area contributed by atoms with Crippen LogP contribution in [0, 0.1) is 12.8 Å². The monoisotopic (exact) mass is 506 g/mol. The first-order valence-electron chi connectivity index (χ1n) is 17.6. The topological polar surface area (TPSA) is 0 Å². The Morgan fingerprint density at radius 1 is 0.306 bits per heavy atom. The molecule has 0 aromatic carbocycles. The van der Waals surface area contributed by atoms with Crippen LogP contribution in [0.2, 0.25) is 0 Å². The van der Waals surface area contributed by atoms with Crippen molar-refractivity contribution in [2.24, 2.45) is 5.92 Å². The first kappa shape index (κ1) is 36.0. The van der Waals surface area contributed by atoms with Crippen LogP contribution < -0.4 is 0 Å². The average Bonchev–Trinajstić information content (AvgIpc) is 2.89. The minimum absolute atomic E-state index is 1.01. The highest BCUT2D eigenvalue weighted by Crippen LogP contribution is 2.24. The molecular weight excluding hydrogens is 432 g/mol. The number of unbranched alkanes of at least 4 members (excludes halogenated alkanes) is 26. The van der Waals surface area contributed by atoms with Gasteiger partial charge in [-0.05, 0) is 5.92 Å². The van der Waals surface area contributed by atoms with Crippen LogP contribution >= 0.6 is 0 Å². The van der Waals surface area contributed by atoms with Gasteiger partial charge in [0.25, 0.3) is 0 Å². The van der Waals surface area contributed by atoms with Gasteiger partial charge in [0, 0.05) is 0 Å². The molecule has 36 heavy (non-hydrogen) atoms. The summed E-state index contributed by atoms with van der Waals surface area (Å²) in [5, 5.41) is 0. The van der Waals surface area contributed by atoms with E-state index in [4.69, 9.17) is 0 Å². The summed E-state index contributed by atoms with van der Waals surface area (Å²) in [6.45, 7) is 8.67. The summed E-state index contributed by atoms with van der Waals surface area (Å²) < 4.78 is 0. The van der Waals surface area contributed by atoms with E-state index in [0.717, 1.165) is 12.3 Å². The van der Waals surface area contributed by atoms with E-state index >= 15 is 0 Å². The molecule has 0 spiro atoms. The highest BCUT2D eigenvalue weighted by atomic mass is 14.1. The Morgan fingerprint density at radius 3 is 0.778 bits per heavy atom. The third-order valence-corrected chi connectivity index (χ3v) is 8.54. The molecule has 0 saturated heterocycles. The molecule has 0 aromatic heterocycles. The summed E-state index contributed by atoms with van der Waals surface area (Å²) in [5.41, 5.74) is 0. The fourth-order valence-electron chi connectivity index (χ4n) is 5.94. The molecule has 0 N–H and O–H groups in total. The lowest BCUT2D eigenvalue weighted by Crippen LogP contribution is -2.01. The maximum absolute atomic E-state index is 4.04. The van der Waals surface area contributed by atoms with E-state index in [-0.39, 0.29) is 0 Å². The zero-order chi connectivity index (χ0) is 26.2. The third kappa shape index (κ3) is 30.2. The van der Waals surface area contributed by atoms with Crippen molar-refractivity contribution in [1.82, 2.24) is 0 Å². The van der Waals surface area contributed by atoms with Gasteiger partial charge in [-0.25, -0.2) is 0 Å². The molecule has 0 amide bonds. The Labute approximate surface area is 232 Å². The van der Waals surface area contributed by atoms with Gasteiger partial charge in [0.15, 0.2) is 0 Å². The Morgan fingerprint density at radius 2 is 0.528 bits per heavy atom. The quantitative estimate of drug-likeness (QED) is 0.0797. The van der Waals surface area contributed by atoms with Crippen LogP contribution in [0.3, 0.4) is 0 Å². The lowest BCUT2D eigenvalue weighted by molar-refractivity contribution is 0.368. The zero-order valence-corrected chi connectivity index (χ0v) is 25.9. The second-order valence-corrected chi connectivity index (χ2v) is 12.3. The van der Waals surface area contributed by atoms with Crippen LogP contribution in [-0.2, 0) is 0 Å². The van der Waals surface area contributed by atoms with Crippen molar-refractivity contribution < 1.29 is 0 Å². The van der Waals surface area contributed by atoms with Gasteiger partial charge in [0.1, 0.15) is 0 Å². The zero-order valence-electron chi connectivity index (χ0n) is 25.9. The molecule has 1 atom stereocenters. The lowest BCUT2D eigenvalue weighted by Gasteiger charge is -2.17. The van der Waals surface area contributed by atoms with Crippen molar-refractivity contribution in [2.75, 3.05) is 0 Å². The largest absolute Gasteiger partial charge is 0.0654 e. The molecule has 0 aliphatic rings. The van der Waals surface area contributed by atoms with E-state index in [9.17, 15) is 0 Å². The first-order valence-corrected chi connectivity index (χ1v) is 17.6. The summed E-state index contributed by atoms with van der Waals surface area (Å²) in [5.74, 6) is 1.01. The Balaban J connectivity index is 3.40. The second-order valence-electron chi connectivity index (χ2n) is 12.3. The van der Waals surface area contributed by atoms with E-state index in [0.29, 0.717) is 0 Å². The molecule has 0 rings (SSSR count). The highest BCUT2D eigenvalue weighted by molar-refractivity contribution is 4.62. The average molecular weight is 506 g/mol. The predicted molar refractivity (Wildman–Crippen MR) is 168 cm³/mol.